The van der Waals surface area contributed by atoms with E-state index in [1.807, 2.05) is 19.1 Å². The Balaban J connectivity index is 2.06. The molecule has 1 aromatic carbocycles. The molecule has 1 aromatic rings. The summed E-state index contributed by atoms with van der Waals surface area (Å²) in [7, 11) is 0. The molecule has 1 fully saturated rings. The van der Waals surface area contributed by atoms with Crippen molar-refractivity contribution in [2.24, 2.45) is 5.92 Å². The molecular weight excluding hydrogens is 214 g/mol. The first-order valence-corrected chi connectivity index (χ1v) is 6.11. The zero-order valence-corrected chi connectivity index (χ0v) is 10.4. The summed E-state index contributed by atoms with van der Waals surface area (Å²) < 4.78 is 0. The second kappa shape index (κ2) is 4.88. The van der Waals surface area contributed by atoms with Crippen molar-refractivity contribution in [2.75, 3.05) is 6.54 Å². The summed E-state index contributed by atoms with van der Waals surface area (Å²) in [6.45, 7) is 5.86. The molecule has 2 rings (SSSR count). The summed E-state index contributed by atoms with van der Waals surface area (Å²) in [5.74, 6) is -0.871. The van der Waals surface area contributed by atoms with E-state index in [0.29, 0.717) is 0 Å². The lowest BCUT2D eigenvalue weighted by Gasteiger charge is -2.23. The van der Waals surface area contributed by atoms with Gasteiger partial charge in [0, 0.05) is 12.6 Å². The number of aliphatic carboxylic acids is 1. The minimum Gasteiger partial charge on any atom is -0.481 e. The summed E-state index contributed by atoms with van der Waals surface area (Å²) in [4.78, 5) is 13.3. The van der Waals surface area contributed by atoms with E-state index in [0.717, 1.165) is 19.5 Å². The van der Waals surface area contributed by atoms with Gasteiger partial charge in [0.25, 0.3) is 0 Å². The molecule has 0 bridgehead atoms. The van der Waals surface area contributed by atoms with Crippen LogP contribution in [0.25, 0.3) is 0 Å². The summed E-state index contributed by atoms with van der Waals surface area (Å²) >= 11 is 0. The molecule has 3 nitrogen and oxygen atoms in total. The number of carboxylic acid groups (broad SMARTS) is 1. The molecule has 1 saturated heterocycles. The van der Waals surface area contributed by atoms with Gasteiger partial charge in [0.15, 0.2) is 0 Å². The molecule has 2 atom stereocenters. The smallest absolute Gasteiger partial charge is 0.308 e. The SMILES string of the molecule is Cc1ccccc1CN1CCC(C(=O)O)C1C. The number of benzene rings is 1. The molecule has 17 heavy (non-hydrogen) atoms. The van der Waals surface area contributed by atoms with Crippen LogP contribution in [0.4, 0.5) is 0 Å². The molecule has 3 heteroatoms. The average molecular weight is 233 g/mol. The predicted octanol–water partition coefficient (Wildman–Crippen LogP) is 2.29. The minimum absolute atomic E-state index is 0.132. The standard InChI is InChI=1S/C14H19NO2/c1-10-5-3-4-6-12(10)9-15-8-7-13(11(15)2)14(16)17/h3-6,11,13H,7-9H2,1-2H3,(H,16,17). The molecule has 0 spiro atoms. The highest BCUT2D eigenvalue weighted by Gasteiger charge is 2.35. The van der Waals surface area contributed by atoms with Crippen LogP contribution in [0.1, 0.15) is 24.5 Å². The molecule has 92 valence electrons. The van der Waals surface area contributed by atoms with Gasteiger partial charge in [-0.1, -0.05) is 24.3 Å². The van der Waals surface area contributed by atoms with Crippen molar-refractivity contribution in [3.05, 3.63) is 35.4 Å². The zero-order chi connectivity index (χ0) is 12.4. The van der Waals surface area contributed by atoms with Gasteiger partial charge in [-0.15, -0.1) is 0 Å². The maximum absolute atomic E-state index is 11.1. The van der Waals surface area contributed by atoms with Crippen LogP contribution in [0, 0.1) is 12.8 Å². The molecule has 2 unspecified atom stereocenters. The highest BCUT2D eigenvalue weighted by atomic mass is 16.4. The van der Waals surface area contributed by atoms with E-state index in [1.165, 1.54) is 11.1 Å². The fourth-order valence-electron chi connectivity index (χ4n) is 2.56. The van der Waals surface area contributed by atoms with E-state index in [-0.39, 0.29) is 12.0 Å². The number of carbonyl (C=O) groups is 1. The van der Waals surface area contributed by atoms with E-state index in [9.17, 15) is 4.79 Å². The van der Waals surface area contributed by atoms with Crippen LogP contribution >= 0.6 is 0 Å². The van der Waals surface area contributed by atoms with Gasteiger partial charge in [0.1, 0.15) is 0 Å². The monoisotopic (exact) mass is 233 g/mol. The third kappa shape index (κ3) is 2.50. The van der Waals surface area contributed by atoms with Gasteiger partial charge < -0.3 is 5.11 Å². The van der Waals surface area contributed by atoms with Crippen LogP contribution in [0.3, 0.4) is 0 Å². The topological polar surface area (TPSA) is 40.5 Å². The molecule has 0 radical (unpaired) electrons. The van der Waals surface area contributed by atoms with Crippen molar-refractivity contribution in [3.8, 4) is 0 Å². The lowest BCUT2D eigenvalue weighted by molar-refractivity contribution is -0.142. The predicted molar refractivity (Wildman–Crippen MR) is 66.8 cm³/mol. The fourth-order valence-corrected chi connectivity index (χ4v) is 2.56. The number of hydrogen-bond acceptors (Lipinski definition) is 2. The van der Waals surface area contributed by atoms with Gasteiger partial charge in [0.2, 0.25) is 0 Å². The third-order valence-electron chi connectivity index (χ3n) is 3.84. The maximum atomic E-state index is 11.1. The number of likely N-dealkylation sites (tertiary alicyclic amines) is 1. The second-order valence-corrected chi connectivity index (χ2v) is 4.87. The summed E-state index contributed by atoms with van der Waals surface area (Å²) in [5.41, 5.74) is 2.57. The lowest BCUT2D eigenvalue weighted by Crippen LogP contribution is -2.32. The number of aryl methyl sites for hydroxylation is 1. The Morgan fingerprint density at radius 2 is 2.18 bits per heavy atom. The Labute approximate surface area is 102 Å². The number of nitrogens with zero attached hydrogens (tertiary/aromatic N) is 1. The van der Waals surface area contributed by atoms with Crippen molar-refractivity contribution in [3.63, 3.8) is 0 Å². The van der Waals surface area contributed by atoms with Crippen molar-refractivity contribution in [2.45, 2.75) is 32.9 Å². The third-order valence-corrected chi connectivity index (χ3v) is 3.84. The van der Waals surface area contributed by atoms with Crippen molar-refractivity contribution in [1.29, 1.82) is 0 Å². The Morgan fingerprint density at radius 1 is 1.47 bits per heavy atom. The van der Waals surface area contributed by atoms with Gasteiger partial charge in [-0.25, -0.2) is 0 Å². The van der Waals surface area contributed by atoms with Crippen LogP contribution in [0.5, 0.6) is 0 Å². The van der Waals surface area contributed by atoms with Crippen LogP contribution in [0.15, 0.2) is 24.3 Å². The fraction of sp³-hybridized carbons (Fsp3) is 0.500. The van der Waals surface area contributed by atoms with Crippen molar-refractivity contribution < 1.29 is 9.90 Å². The quantitative estimate of drug-likeness (QED) is 0.870. The van der Waals surface area contributed by atoms with Crippen LogP contribution in [-0.2, 0) is 11.3 Å². The lowest BCUT2D eigenvalue weighted by atomic mass is 10.0. The number of carboxylic acids is 1. The maximum Gasteiger partial charge on any atom is 0.308 e. The highest BCUT2D eigenvalue weighted by molar-refractivity contribution is 5.71. The molecule has 0 amide bonds. The van der Waals surface area contributed by atoms with Gasteiger partial charge in [0.05, 0.1) is 5.92 Å². The summed E-state index contributed by atoms with van der Waals surface area (Å²) in [6, 6.07) is 8.43. The molecule has 1 N–H and O–H groups in total. The van der Waals surface area contributed by atoms with Crippen LogP contribution < -0.4 is 0 Å². The van der Waals surface area contributed by atoms with E-state index in [1.54, 1.807) is 0 Å². The molecule has 1 aliphatic rings. The van der Waals surface area contributed by atoms with E-state index in [2.05, 4.69) is 24.0 Å². The Hall–Kier alpha value is -1.35. The molecule has 0 saturated carbocycles. The van der Waals surface area contributed by atoms with E-state index < -0.39 is 5.97 Å². The van der Waals surface area contributed by atoms with Gasteiger partial charge in [-0.3, -0.25) is 9.69 Å². The van der Waals surface area contributed by atoms with Crippen LogP contribution in [-0.4, -0.2) is 28.6 Å². The Bertz CT molecular complexity index is 416. The second-order valence-electron chi connectivity index (χ2n) is 4.87. The van der Waals surface area contributed by atoms with E-state index in [4.69, 9.17) is 5.11 Å². The molecule has 1 aliphatic heterocycles. The highest BCUT2D eigenvalue weighted by Crippen LogP contribution is 2.26. The molecular formula is C14H19NO2. The zero-order valence-electron chi connectivity index (χ0n) is 10.4. The largest absolute Gasteiger partial charge is 0.481 e. The number of rotatable bonds is 3. The summed E-state index contributed by atoms with van der Waals surface area (Å²) in [5, 5.41) is 9.10. The van der Waals surface area contributed by atoms with Gasteiger partial charge in [-0.05, 0) is 37.9 Å². The van der Waals surface area contributed by atoms with Crippen molar-refractivity contribution in [1.82, 2.24) is 4.90 Å². The first kappa shape index (κ1) is 12.1. The number of hydrogen-bond donors (Lipinski definition) is 1. The first-order chi connectivity index (χ1) is 8.09. The van der Waals surface area contributed by atoms with Crippen molar-refractivity contribution >= 4 is 5.97 Å². The normalized spacial score (nSPS) is 25.1. The van der Waals surface area contributed by atoms with Crippen LogP contribution in [0.2, 0.25) is 0 Å². The summed E-state index contributed by atoms with van der Waals surface area (Å²) in [6.07, 6.45) is 0.766. The molecule has 0 aliphatic carbocycles. The van der Waals surface area contributed by atoms with E-state index >= 15 is 0 Å². The Morgan fingerprint density at radius 3 is 2.76 bits per heavy atom. The average Bonchev–Trinajstić information content (AvgIpc) is 2.64. The Kier molecular flexibility index (Phi) is 3.48. The minimum atomic E-state index is -0.662. The molecule has 1 heterocycles. The van der Waals surface area contributed by atoms with Gasteiger partial charge in [-0.2, -0.15) is 0 Å². The first-order valence-electron chi connectivity index (χ1n) is 6.11. The van der Waals surface area contributed by atoms with Gasteiger partial charge >= 0.3 is 5.97 Å². The molecule has 0 aromatic heterocycles.